The second kappa shape index (κ2) is 52.6. The number of carbonyl (C=O) groups excluding carboxylic acids is 4. The van der Waals surface area contributed by atoms with E-state index in [0.29, 0.717) is 89.0 Å². The van der Waals surface area contributed by atoms with Gasteiger partial charge in [0.25, 0.3) is 0 Å². The second-order valence-corrected chi connectivity index (χ2v) is 23.7. The van der Waals surface area contributed by atoms with E-state index in [2.05, 4.69) is 9.97 Å². The Balaban J connectivity index is 0.000000369. The summed E-state index contributed by atoms with van der Waals surface area (Å²) in [6.45, 7) is 11.3. The molecule has 4 N–H and O–H groups in total. The Morgan fingerprint density at radius 2 is 0.356 bits per heavy atom. The van der Waals surface area contributed by atoms with Crippen LogP contribution in [-0.4, -0.2) is 71.2 Å². The number of benzene rings is 12. The summed E-state index contributed by atoms with van der Waals surface area (Å²) in [5, 5.41) is 46.7. The molecule has 14 aromatic rings. The Morgan fingerprint density at radius 1 is 0.229 bits per heavy atom. The van der Waals surface area contributed by atoms with Crippen LogP contribution < -0.4 is 20.4 Å². The van der Waals surface area contributed by atoms with E-state index >= 15 is 0 Å². The number of carbonyl (C=O) groups is 4. The van der Waals surface area contributed by atoms with Gasteiger partial charge in [-0.25, -0.2) is 35.1 Å². The summed E-state index contributed by atoms with van der Waals surface area (Å²) in [5.74, 6) is -8.61. The topological polar surface area (TPSA) is 268 Å². The third-order valence-electron chi connectivity index (χ3n) is 16.3. The van der Waals surface area contributed by atoms with Gasteiger partial charge in [-0.2, -0.15) is 0 Å². The number of halogens is 8. The number of aromatic carboxylic acids is 4. The summed E-state index contributed by atoms with van der Waals surface area (Å²) in [6, 6.07) is 75.6. The fourth-order valence-corrected chi connectivity index (χ4v) is 11.1. The molecule has 2 radical (unpaired) electrons. The number of pyridine rings is 2. The molecule has 0 aliphatic rings. The van der Waals surface area contributed by atoms with Crippen LogP contribution in [0.1, 0.15) is 69.1 Å². The van der Waals surface area contributed by atoms with Crippen LogP contribution in [0.2, 0.25) is 0 Å². The van der Waals surface area contributed by atoms with Crippen LogP contribution in [0.3, 0.4) is 0 Å². The Morgan fingerprint density at radius 3 is 0.432 bits per heavy atom. The molecule has 24 heteroatoms. The van der Waals surface area contributed by atoms with E-state index in [0.717, 1.165) is 26.4 Å². The first kappa shape index (κ1) is 99.3. The summed E-state index contributed by atoms with van der Waals surface area (Å²) in [6.07, 6.45) is 7.00. The van der Waals surface area contributed by atoms with Crippen molar-refractivity contribution >= 4 is 23.9 Å². The Kier molecular flexibility index (Phi) is 44.2. The average Bonchev–Trinajstić information content (AvgIpc) is 0.808. The monoisotopic (exact) mass is 1700 g/mol. The molecule has 12 aromatic carbocycles. The number of nitrogens with zero attached hydrogens (tertiary/aromatic N) is 2. The van der Waals surface area contributed by atoms with Crippen molar-refractivity contribution in [1.29, 1.82) is 0 Å². The van der Waals surface area contributed by atoms with Gasteiger partial charge in [0, 0.05) is 73.5 Å². The third kappa shape index (κ3) is 30.7. The van der Waals surface area contributed by atoms with Gasteiger partial charge in [0.05, 0.1) is 23.9 Å². The van der Waals surface area contributed by atoms with Crippen molar-refractivity contribution in [1.82, 2.24) is 9.97 Å². The molecule has 14 rings (SSSR count). The van der Waals surface area contributed by atoms with Crippen molar-refractivity contribution < 1.29 is 129 Å². The van der Waals surface area contributed by atoms with E-state index in [1.807, 2.05) is 64.1 Å². The predicted octanol–water partition coefficient (Wildman–Crippen LogP) is 17.2. The van der Waals surface area contributed by atoms with Crippen molar-refractivity contribution in [2.75, 3.05) is 26.4 Å². The molecule has 0 fully saturated rings. The van der Waals surface area contributed by atoms with Crippen LogP contribution in [0.5, 0.6) is 0 Å². The maximum Gasteiger partial charge on any atom is 2.00 e. The first-order chi connectivity index (χ1) is 55.1. The number of rotatable bonds is 16. The zero-order valence-electron chi connectivity index (χ0n) is 63.7. The molecule has 0 unspecified atom stereocenters. The van der Waals surface area contributed by atoms with E-state index in [9.17, 15) is 74.7 Å². The summed E-state index contributed by atoms with van der Waals surface area (Å²) >= 11 is 0. The summed E-state index contributed by atoms with van der Waals surface area (Å²) < 4.78 is 114. The minimum absolute atomic E-state index is 0. The van der Waals surface area contributed by atoms with E-state index in [4.69, 9.17) is 9.47 Å². The molecule has 0 bridgehead atoms. The van der Waals surface area contributed by atoms with Gasteiger partial charge in [0.15, 0.2) is 0 Å². The average molecular weight is 1700 g/mol. The van der Waals surface area contributed by atoms with E-state index < -0.39 is 70.4 Å². The van der Waals surface area contributed by atoms with Crippen LogP contribution in [0, 0.1) is 46.5 Å². The van der Waals surface area contributed by atoms with E-state index in [1.165, 1.54) is 194 Å². The maximum absolute atomic E-state index is 13.1. The molecule has 0 amide bonds. The standard InChI is InChI=1S/4C19H12F2O2.2C5H5N.2C4H10O.2Co.2H2O/c4*20-14-8-4-12(5-9-14)16-2-1-3-17(18(16)19(22)23)13-6-10-15(21)11-7-13;2*1-2-4-6-5-3-1;2*1-3-5-4-2;;;;/h4*1-11H,(H,22,23);2*1-5H;2*3-4H2,1-2H3;;;2*1H2/q;;;;;;;;2*+2;;/p-4. The number of carboxylic acids is 4. The largest absolute Gasteiger partial charge is 2.00 e. The molecule has 0 saturated heterocycles. The molecule has 0 aliphatic heterocycles. The minimum atomic E-state index is -1.34. The smallest absolute Gasteiger partial charge is 0.545 e. The zero-order chi connectivity index (χ0) is 82.3. The van der Waals surface area contributed by atoms with Gasteiger partial charge in [0.2, 0.25) is 0 Å². The van der Waals surface area contributed by atoms with Gasteiger partial charge in [-0.1, -0.05) is 182 Å². The first-order valence-corrected chi connectivity index (χ1v) is 35.4. The molecule has 610 valence electrons. The summed E-state index contributed by atoms with van der Waals surface area (Å²) in [7, 11) is 0. The van der Waals surface area contributed by atoms with Crippen molar-refractivity contribution in [2.24, 2.45) is 0 Å². The molecular weight excluding hydrogens is 1620 g/mol. The quantitative estimate of drug-likeness (QED) is 0.0817. The Labute approximate surface area is 698 Å². The van der Waals surface area contributed by atoms with E-state index in [1.54, 1.807) is 97.6 Å². The Bertz CT molecular complexity index is 4380. The van der Waals surface area contributed by atoms with Crippen LogP contribution in [0.15, 0.2) is 328 Å². The van der Waals surface area contributed by atoms with Crippen molar-refractivity contribution in [3.63, 3.8) is 0 Å². The molecule has 0 atom stereocenters. The maximum atomic E-state index is 13.1. The van der Waals surface area contributed by atoms with Gasteiger partial charge in [-0.15, -0.1) is 0 Å². The van der Waals surface area contributed by atoms with Crippen molar-refractivity contribution in [2.45, 2.75) is 27.7 Å². The predicted molar refractivity (Wildman–Crippen MR) is 426 cm³/mol. The normalized spacial score (nSPS) is 9.73. The van der Waals surface area contributed by atoms with Gasteiger partial charge in [0.1, 0.15) is 46.5 Å². The number of hydrogen-bond acceptors (Lipinski definition) is 12. The van der Waals surface area contributed by atoms with Crippen molar-refractivity contribution in [3.05, 3.63) is 397 Å². The number of aromatic nitrogens is 2. The molecule has 2 heterocycles. The third-order valence-corrected chi connectivity index (χ3v) is 16.3. The molecule has 0 aliphatic carbocycles. The Hall–Kier alpha value is -12.9. The molecule has 2 aromatic heterocycles. The van der Waals surface area contributed by atoms with Crippen LogP contribution in [0.25, 0.3) is 89.0 Å². The molecule has 14 nitrogen and oxygen atoms in total. The van der Waals surface area contributed by atoms with Crippen molar-refractivity contribution in [3.8, 4) is 89.0 Å². The minimum Gasteiger partial charge on any atom is -0.545 e. The van der Waals surface area contributed by atoms with Gasteiger partial charge in [-0.3, -0.25) is 9.97 Å². The molecule has 0 spiro atoms. The first-order valence-electron chi connectivity index (χ1n) is 35.4. The second-order valence-electron chi connectivity index (χ2n) is 23.7. The van der Waals surface area contributed by atoms with Crippen LogP contribution in [0.4, 0.5) is 35.1 Å². The molecular formula is C94H78Co2F8N2O12. The summed E-state index contributed by atoms with van der Waals surface area (Å²) in [5.41, 5.74) is 7.86. The van der Waals surface area contributed by atoms with Gasteiger partial charge in [-0.05, 0) is 238 Å². The zero-order valence-corrected chi connectivity index (χ0v) is 65.8. The van der Waals surface area contributed by atoms with Crippen LogP contribution >= 0.6 is 0 Å². The fraction of sp³-hybridized carbons (Fsp3) is 0.0851. The van der Waals surface area contributed by atoms with Gasteiger partial charge < -0.3 is 60.0 Å². The fourth-order valence-electron chi connectivity index (χ4n) is 11.1. The number of hydrogen-bond donors (Lipinski definition) is 0. The SMILES string of the molecule is CCOCC.CCOCC.O.O.O=C([O-])c1c(-c2ccc(F)cc2)cccc1-c1ccc(F)cc1.O=C([O-])c1c(-c2ccc(F)cc2)cccc1-c1ccc(F)cc1.O=C([O-])c1c(-c2ccc(F)cc2)cccc1-c1ccc(F)cc1.O=C([O-])c1c(-c2ccc(F)cc2)cccc1-c1ccc(F)cc1.[Co+2].[Co+2].c1ccncc1.c1ccncc1. The molecule has 0 saturated carbocycles. The van der Waals surface area contributed by atoms with E-state index in [-0.39, 0.29) is 66.8 Å². The number of carboxylic acid groups (broad SMARTS) is 4. The summed E-state index contributed by atoms with van der Waals surface area (Å²) in [4.78, 5) is 54.2. The van der Waals surface area contributed by atoms with Gasteiger partial charge >= 0.3 is 33.6 Å². The molecule has 118 heavy (non-hydrogen) atoms. The van der Waals surface area contributed by atoms with Crippen LogP contribution in [-0.2, 0) is 43.0 Å². The number of ether oxygens (including phenoxy) is 2.